The molecule has 3 rings (SSSR count). The molecule has 2 aromatic rings. The fourth-order valence-electron chi connectivity index (χ4n) is 2.80. The summed E-state index contributed by atoms with van der Waals surface area (Å²) in [5.74, 6) is -1.42. The summed E-state index contributed by atoms with van der Waals surface area (Å²) in [5.41, 5.74) is 3.06. The fraction of sp³-hybridized carbons (Fsp3) is 0.222. The molecule has 0 aliphatic carbocycles. The zero-order valence-electron chi connectivity index (χ0n) is 14.1. The maximum absolute atomic E-state index is 12.8. The van der Waals surface area contributed by atoms with Crippen molar-refractivity contribution < 1.29 is 28.4 Å². The summed E-state index contributed by atoms with van der Waals surface area (Å²) in [4.78, 5) is 24.1. The smallest absolute Gasteiger partial charge is 0.460 e. The van der Waals surface area contributed by atoms with E-state index in [2.05, 4.69) is 5.32 Å². The topological polar surface area (TPSA) is 84.9 Å². The van der Waals surface area contributed by atoms with Crippen molar-refractivity contribution >= 4 is 24.5 Å². The molecular formula is C18H17BFNO5. The van der Waals surface area contributed by atoms with Gasteiger partial charge in [-0.1, -0.05) is 18.2 Å². The van der Waals surface area contributed by atoms with Crippen LogP contribution in [0.15, 0.2) is 36.4 Å². The molecule has 0 saturated heterocycles. The Balaban J connectivity index is 1.55. The summed E-state index contributed by atoms with van der Waals surface area (Å²) in [6, 6.07) is 8.94. The van der Waals surface area contributed by atoms with Crippen LogP contribution < -0.4 is 10.8 Å². The van der Waals surface area contributed by atoms with E-state index in [1.807, 2.05) is 0 Å². The first-order valence-electron chi connectivity index (χ1n) is 8.06. The molecule has 1 amide bonds. The maximum Gasteiger partial charge on any atom is 0.492 e. The van der Waals surface area contributed by atoms with Gasteiger partial charge in [-0.15, -0.1) is 0 Å². The second-order valence-corrected chi connectivity index (χ2v) is 5.94. The van der Waals surface area contributed by atoms with Gasteiger partial charge in [0.2, 0.25) is 0 Å². The Morgan fingerprint density at radius 3 is 2.73 bits per heavy atom. The molecule has 0 aromatic heterocycles. The molecule has 0 radical (unpaired) electrons. The molecule has 1 aliphatic heterocycles. The van der Waals surface area contributed by atoms with Gasteiger partial charge in [-0.05, 0) is 47.3 Å². The minimum absolute atomic E-state index is 0.00358. The normalized spacial score (nSPS) is 12.7. The Kier molecular flexibility index (Phi) is 5.34. The Morgan fingerprint density at radius 1 is 1.27 bits per heavy atom. The summed E-state index contributed by atoms with van der Waals surface area (Å²) < 4.78 is 23.0. The van der Waals surface area contributed by atoms with Gasteiger partial charge in [0.25, 0.3) is 5.91 Å². The van der Waals surface area contributed by atoms with Gasteiger partial charge in [0.1, 0.15) is 19.0 Å². The van der Waals surface area contributed by atoms with Gasteiger partial charge < -0.3 is 19.7 Å². The van der Waals surface area contributed by atoms with Crippen molar-refractivity contribution in [3.8, 4) is 0 Å². The van der Waals surface area contributed by atoms with Crippen molar-refractivity contribution in [2.24, 2.45) is 0 Å². The number of rotatable bonds is 5. The largest absolute Gasteiger partial charge is 0.492 e. The Hall–Kier alpha value is -2.71. The standard InChI is InChI=1S/C18H17BFNO5/c1-11-15(7-4-13-10-26-19(24)17(11)13)18(23)21-8-16(22)25-9-12-2-5-14(20)6-3-12/h2-7,24H,8-10H2,1H3,(H,21,23). The van der Waals surface area contributed by atoms with Crippen molar-refractivity contribution in [1.29, 1.82) is 0 Å². The van der Waals surface area contributed by atoms with Crippen LogP contribution in [0.25, 0.3) is 0 Å². The van der Waals surface area contributed by atoms with Crippen LogP contribution in [0, 0.1) is 12.7 Å². The van der Waals surface area contributed by atoms with E-state index in [-0.39, 0.29) is 19.0 Å². The molecule has 134 valence electrons. The van der Waals surface area contributed by atoms with Gasteiger partial charge in [0.15, 0.2) is 0 Å². The second kappa shape index (κ2) is 7.67. The van der Waals surface area contributed by atoms with E-state index in [0.29, 0.717) is 28.8 Å². The highest BCUT2D eigenvalue weighted by Crippen LogP contribution is 2.16. The number of nitrogens with one attached hydrogen (secondary N) is 1. The average molecular weight is 357 g/mol. The van der Waals surface area contributed by atoms with E-state index in [9.17, 15) is 19.0 Å². The average Bonchev–Trinajstić information content (AvgIpc) is 3.01. The lowest BCUT2D eigenvalue weighted by atomic mass is 9.75. The number of amides is 1. The lowest BCUT2D eigenvalue weighted by Gasteiger charge is -2.11. The fourth-order valence-corrected chi connectivity index (χ4v) is 2.80. The number of ether oxygens (including phenoxy) is 1. The summed E-state index contributed by atoms with van der Waals surface area (Å²) >= 11 is 0. The molecule has 2 aromatic carbocycles. The van der Waals surface area contributed by atoms with Crippen molar-refractivity contribution in [2.75, 3.05) is 6.54 Å². The first-order chi connectivity index (χ1) is 12.5. The predicted molar refractivity (Wildman–Crippen MR) is 92.1 cm³/mol. The number of esters is 1. The molecule has 0 unspecified atom stereocenters. The van der Waals surface area contributed by atoms with Crippen molar-refractivity contribution in [3.63, 3.8) is 0 Å². The van der Waals surface area contributed by atoms with E-state index in [1.165, 1.54) is 24.3 Å². The highest BCUT2D eigenvalue weighted by molar-refractivity contribution is 6.62. The van der Waals surface area contributed by atoms with Gasteiger partial charge in [-0.2, -0.15) is 0 Å². The first kappa shape index (κ1) is 18.1. The molecule has 0 spiro atoms. The molecule has 1 aliphatic rings. The van der Waals surface area contributed by atoms with Gasteiger partial charge in [0, 0.05) is 5.56 Å². The molecule has 8 heteroatoms. The first-order valence-corrected chi connectivity index (χ1v) is 8.06. The third-order valence-electron chi connectivity index (χ3n) is 4.20. The molecule has 2 N–H and O–H groups in total. The van der Waals surface area contributed by atoms with E-state index in [4.69, 9.17) is 9.39 Å². The molecule has 26 heavy (non-hydrogen) atoms. The lowest BCUT2D eigenvalue weighted by Crippen LogP contribution is -2.35. The van der Waals surface area contributed by atoms with Gasteiger partial charge in [-0.25, -0.2) is 4.39 Å². The number of halogens is 1. The van der Waals surface area contributed by atoms with Crippen LogP contribution in [0.1, 0.15) is 27.0 Å². The monoisotopic (exact) mass is 357 g/mol. The Labute approximate surface area is 150 Å². The number of hydrogen-bond donors (Lipinski definition) is 2. The van der Waals surface area contributed by atoms with Gasteiger partial charge in [-0.3, -0.25) is 9.59 Å². The van der Waals surface area contributed by atoms with Crippen LogP contribution in [0.4, 0.5) is 4.39 Å². The zero-order chi connectivity index (χ0) is 18.7. The van der Waals surface area contributed by atoms with Crippen molar-refractivity contribution in [1.82, 2.24) is 5.32 Å². The number of benzene rings is 2. The van der Waals surface area contributed by atoms with E-state index in [1.54, 1.807) is 19.1 Å². The van der Waals surface area contributed by atoms with Gasteiger partial charge in [0.05, 0.1) is 6.61 Å². The minimum Gasteiger partial charge on any atom is -0.460 e. The highest BCUT2D eigenvalue weighted by Gasteiger charge is 2.31. The quantitative estimate of drug-likeness (QED) is 0.612. The van der Waals surface area contributed by atoms with Crippen LogP contribution in [-0.4, -0.2) is 30.6 Å². The van der Waals surface area contributed by atoms with Crippen LogP contribution in [0.3, 0.4) is 0 Å². The molecule has 0 atom stereocenters. The molecule has 0 saturated carbocycles. The highest BCUT2D eigenvalue weighted by atomic mass is 19.1. The van der Waals surface area contributed by atoms with Crippen molar-refractivity contribution in [2.45, 2.75) is 20.1 Å². The third-order valence-corrected chi connectivity index (χ3v) is 4.20. The molecule has 0 fully saturated rings. The van der Waals surface area contributed by atoms with Crippen LogP contribution in [0.2, 0.25) is 0 Å². The number of carbonyl (C=O) groups excluding carboxylic acids is 2. The molecular weight excluding hydrogens is 340 g/mol. The summed E-state index contributed by atoms with van der Waals surface area (Å²) in [6.07, 6.45) is 0. The van der Waals surface area contributed by atoms with Crippen LogP contribution in [-0.2, 0) is 27.4 Å². The molecule has 1 heterocycles. The van der Waals surface area contributed by atoms with E-state index < -0.39 is 19.0 Å². The third kappa shape index (κ3) is 3.92. The Bertz CT molecular complexity index is 840. The van der Waals surface area contributed by atoms with Gasteiger partial charge >= 0.3 is 13.1 Å². The lowest BCUT2D eigenvalue weighted by molar-refractivity contribution is -0.143. The summed E-state index contributed by atoms with van der Waals surface area (Å²) in [5, 5.41) is 12.3. The summed E-state index contributed by atoms with van der Waals surface area (Å²) in [7, 11) is -1.04. The number of fused-ring (bicyclic) bond motifs is 1. The Morgan fingerprint density at radius 2 is 2.00 bits per heavy atom. The van der Waals surface area contributed by atoms with E-state index >= 15 is 0 Å². The van der Waals surface area contributed by atoms with E-state index in [0.717, 1.165) is 5.56 Å². The number of hydrogen-bond acceptors (Lipinski definition) is 5. The minimum atomic E-state index is -1.04. The number of carbonyl (C=O) groups is 2. The maximum atomic E-state index is 12.8. The molecule has 0 bridgehead atoms. The predicted octanol–water partition coefficient (Wildman–Crippen LogP) is 0.825. The SMILES string of the molecule is Cc1c(C(=O)NCC(=O)OCc2ccc(F)cc2)ccc2c1B(O)OC2. The molecule has 6 nitrogen and oxygen atoms in total. The van der Waals surface area contributed by atoms with Crippen LogP contribution >= 0.6 is 0 Å². The van der Waals surface area contributed by atoms with Crippen LogP contribution in [0.5, 0.6) is 0 Å². The second-order valence-electron chi connectivity index (χ2n) is 5.94. The van der Waals surface area contributed by atoms with Crippen molar-refractivity contribution in [3.05, 3.63) is 64.5 Å². The summed E-state index contributed by atoms with van der Waals surface area (Å²) in [6.45, 7) is 1.72. The zero-order valence-corrected chi connectivity index (χ0v) is 14.1.